The summed E-state index contributed by atoms with van der Waals surface area (Å²) in [6.07, 6.45) is 4.14. The van der Waals surface area contributed by atoms with Crippen LogP contribution in [0.2, 0.25) is 0 Å². The molecule has 3 nitrogen and oxygen atoms in total. The van der Waals surface area contributed by atoms with E-state index in [2.05, 4.69) is 100 Å². The van der Waals surface area contributed by atoms with E-state index in [1.807, 2.05) is 0 Å². The molecule has 2 atom stereocenters. The smallest absolute Gasteiger partial charge is 0.221 e. The van der Waals surface area contributed by atoms with Crippen LogP contribution in [0.5, 0.6) is 0 Å². The molecule has 1 aliphatic carbocycles. The van der Waals surface area contributed by atoms with E-state index in [9.17, 15) is 5.11 Å². The van der Waals surface area contributed by atoms with Crippen molar-refractivity contribution in [2.24, 2.45) is 5.41 Å². The van der Waals surface area contributed by atoms with Gasteiger partial charge in [-0.1, -0.05) is 77.6 Å². The fourth-order valence-electron chi connectivity index (χ4n) is 7.31. The Bertz CT molecular complexity index is 1600. The van der Waals surface area contributed by atoms with Crippen molar-refractivity contribution < 1.29 is 14.4 Å². The Morgan fingerprint density at radius 2 is 1.82 bits per heavy atom. The maximum atomic E-state index is 10.4. The zero-order valence-electron chi connectivity index (χ0n) is 23.7. The van der Waals surface area contributed by atoms with Gasteiger partial charge in [0.2, 0.25) is 5.69 Å². The molecule has 1 aromatic heterocycles. The minimum absolute atomic E-state index is 0.0333. The molecule has 3 aromatic carbocycles. The Kier molecular flexibility index (Phi) is 5.83. The molecule has 2 heterocycles. The van der Waals surface area contributed by atoms with Crippen molar-refractivity contribution in [3.8, 4) is 11.3 Å². The third-order valence-electron chi connectivity index (χ3n) is 8.85. The van der Waals surface area contributed by atoms with Crippen molar-refractivity contribution in [3.05, 3.63) is 89.1 Å². The maximum absolute atomic E-state index is 10.4. The van der Waals surface area contributed by atoms with Gasteiger partial charge in [-0.25, -0.2) is 0 Å². The minimum atomic E-state index is -0.154. The van der Waals surface area contributed by atoms with Crippen LogP contribution in [-0.2, 0) is 16.6 Å². The number of nitrogens with zero attached hydrogens (tertiary/aromatic N) is 1. The number of ether oxygens (including phenoxy) is 1. The number of methoxy groups -OCH3 is 1. The second-order valence-corrected chi connectivity index (χ2v) is 13.1. The molecule has 196 valence electrons. The van der Waals surface area contributed by atoms with Gasteiger partial charge in [-0.2, -0.15) is 4.57 Å². The first-order valence-corrected chi connectivity index (χ1v) is 13.9. The lowest BCUT2D eigenvalue weighted by Crippen LogP contribution is -2.50. The molecule has 6 rings (SSSR count). The summed E-state index contributed by atoms with van der Waals surface area (Å²) < 4.78 is 8.05. The lowest BCUT2D eigenvalue weighted by atomic mass is 9.64. The van der Waals surface area contributed by atoms with Crippen molar-refractivity contribution in [3.63, 3.8) is 0 Å². The largest absolute Gasteiger partial charge is 0.392 e. The topological polar surface area (TPSA) is 33.3 Å². The first-order chi connectivity index (χ1) is 18.1. The van der Waals surface area contributed by atoms with Crippen LogP contribution in [0.3, 0.4) is 0 Å². The van der Waals surface area contributed by atoms with E-state index >= 15 is 0 Å². The van der Waals surface area contributed by atoms with Crippen molar-refractivity contribution in [2.45, 2.75) is 64.8 Å². The van der Waals surface area contributed by atoms with Gasteiger partial charge in [-0.3, -0.25) is 0 Å². The second kappa shape index (κ2) is 8.76. The molecule has 0 bridgehead atoms. The van der Waals surface area contributed by atoms with E-state index in [4.69, 9.17) is 4.74 Å². The molecule has 1 N–H and O–H groups in total. The van der Waals surface area contributed by atoms with Gasteiger partial charge < -0.3 is 9.84 Å². The number of aromatic nitrogens is 1. The van der Waals surface area contributed by atoms with E-state index in [1.165, 1.54) is 55.1 Å². The zero-order valence-corrected chi connectivity index (χ0v) is 23.7. The highest BCUT2D eigenvalue weighted by Gasteiger charge is 2.49. The summed E-state index contributed by atoms with van der Waals surface area (Å²) in [5.41, 5.74) is 9.14. The summed E-state index contributed by atoms with van der Waals surface area (Å²) in [6, 6.07) is 18.4. The lowest BCUT2D eigenvalue weighted by molar-refractivity contribution is -0.708. The zero-order chi connectivity index (χ0) is 27.0. The molecule has 0 amide bonds. The molecule has 0 radical (unpaired) electrons. The molecular formula is C35H40NO2+. The first kappa shape index (κ1) is 25.3. The molecule has 2 unspecified atom stereocenters. The number of pyridine rings is 1. The van der Waals surface area contributed by atoms with Crippen LogP contribution in [0.4, 0.5) is 0 Å². The fraction of sp³-hybridized carbons (Fsp3) is 0.400. The molecule has 0 saturated carbocycles. The summed E-state index contributed by atoms with van der Waals surface area (Å²) in [5, 5.41) is 15.6. The quantitative estimate of drug-likeness (QED) is 0.218. The Balaban J connectivity index is 1.79. The average molecular weight is 507 g/mol. The normalized spacial score (nSPS) is 19.2. The van der Waals surface area contributed by atoms with Crippen LogP contribution < -0.4 is 4.57 Å². The third kappa shape index (κ3) is 3.66. The van der Waals surface area contributed by atoms with Crippen molar-refractivity contribution in [1.29, 1.82) is 0 Å². The molecule has 0 saturated heterocycles. The van der Waals surface area contributed by atoms with Gasteiger partial charge in [-0.05, 0) is 62.7 Å². The van der Waals surface area contributed by atoms with E-state index in [0.717, 1.165) is 18.4 Å². The Hall–Kier alpha value is -3.01. The third-order valence-corrected chi connectivity index (χ3v) is 8.85. The predicted octanol–water partition coefficient (Wildman–Crippen LogP) is 7.40. The molecule has 0 fully saturated rings. The first-order valence-electron chi connectivity index (χ1n) is 13.9. The van der Waals surface area contributed by atoms with E-state index in [1.54, 1.807) is 7.11 Å². The number of hydrogen-bond donors (Lipinski definition) is 1. The number of rotatable bonds is 6. The molecule has 38 heavy (non-hydrogen) atoms. The monoisotopic (exact) mass is 506 g/mol. The molecule has 1 aliphatic heterocycles. The van der Waals surface area contributed by atoms with Crippen molar-refractivity contribution in [1.82, 2.24) is 0 Å². The maximum Gasteiger partial charge on any atom is 0.221 e. The van der Waals surface area contributed by atoms with Crippen LogP contribution in [-0.4, -0.2) is 25.4 Å². The number of aliphatic hydroxyl groups excluding tert-OH is 1. The van der Waals surface area contributed by atoms with E-state index < -0.39 is 0 Å². The molecule has 4 aromatic rings. The van der Waals surface area contributed by atoms with Crippen LogP contribution in [0.25, 0.3) is 32.8 Å². The number of benzene rings is 3. The van der Waals surface area contributed by atoms with Gasteiger partial charge in [0.1, 0.15) is 0 Å². The number of hydrogen-bond acceptors (Lipinski definition) is 2. The van der Waals surface area contributed by atoms with Crippen molar-refractivity contribution in [2.75, 3.05) is 20.3 Å². The minimum Gasteiger partial charge on any atom is -0.392 e. The molecule has 2 aliphatic rings. The van der Waals surface area contributed by atoms with Gasteiger partial charge >= 0.3 is 0 Å². The summed E-state index contributed by atoms with van der Waals surface area (Å²) in [7, 11) is 1.77. The number of aliphatic hydroxyl groups is 1. The van der Waals surface area contributed by atoms with Gasteiger partial charge in [0.25, 0.3) is 0 Å². The Morgan fingerprint density at radius 3 is 2.53 bits per heavy atom. The van der Waals surface area contributed by atoms with Crippen LogP contribution >= 0.6 is 0 Å². The van der Waals surface area contributed by atoms with Crippen LogP contribution in [0.1, 0.15) is 75.3 Å². The predicted molar refractivity (Wildman–Crippen MR) is 157 cm³/mol. The van der Waals surface area contributed by atoms with E-state index in [0.29, 0.717) is 6.61 Å². The highest BCUT2D eigenvalue weighted by Crippen LogP contribution is 2.56. The summed E-state index contributed by atoms with van der Waals surface area (Å²) in [5.74, 6) is 0.155. The molecule has 3 heteroatoms. The Labute approximate surface area is 226 Å². The molecule has 0 spiro atoms. The summed E-state index contributed by atoms with van der Waals surface area (Å²) in [6.45, 7) is 16.8. The van der Waals surface area contributed by atoms with Gasteiger partial charge in [0.15, 0.2) is 12.2 Å². The van der Waals surface area contributed by atoms with Crippen LogP contribution in [0, 0.1) is 5.41 Å². The van der Waals surface area contributed by atoms with Gasteiger partial charge in [0, 0.05) is 30.8 Å². The van der Waals surface area contributed by atoms with Gasteiger partial charge in [0.05, 0.1) is 23.5 Å². The molecular weight excluding hydrogens is 466 g/mol. The lowest BCUT2D eigenvalue weighted by Gasteiger charge is -2.41. The standard InChI is InChI=1S/C35H40NO2/c1-21(20-37)32-26(13-15-38-7)30-25-11-9-8-10-23(25)18-28-31(30)33-29-24(12-14-36(32)33)16-22(19-34(2,3)4)17-27(29)35(28,5)6/h8-12,14,16-18,26,32,37H,1,13,15,19-20H2,2-7H3/q+1. The SMILES string of the molecule is C=C(CO)C1C(CCOC)c2c3c(cc4ccccc24)C(C)(C)c2cc(CC(C)(C)C)cc4cc[n+]1c-3c24. The summed E-state index contributed by atoms with van der Waals surface area (Å²) >= 11 is 0. The average Bonchev–Trinajstić information content (AvgIpc) is 2.87. The van der Waals surface area contributed by atoms with Crippen LogP contribution in [0.15, 0.2) is 66.9 Å². The highest BCUT2D eigenvalue weighted by molar-refractivity contribution is 6.05. The fourth-order valence-corrected chi connectivity index (χ4v) is 7.31. The van der Waals surface area contributed by atoms with Gasteiger partial charge in [-0.15, -0.1) is 0 Å². The van der Waals surface area contributed by atoms with Crippen molar-refractivity contribution >= 4 is 21.5 Å². The van der Waals surface area contributed by atoms with E-state index in [-0.39, 0.29) is 29.4 Å². The second-order valence-electron chi connectivity index (χ2n) is 13.1. The summed E-state index contributed by atoms with van der Waals surface area (Å²) in [4.78, 5) is 0. The highest BCUT2D eigenvalue weighted by atomic mass is 16.5. The number of fused-ring (bicyclic) bond motifs is 2. The Morgan fingerprint density at radius 1 is 1.05 bits per heavy atom.